The summed E-state index contributed by atoms with van der Waals surface area (Å²) in [5.41, 5.74) is 6.82. The van der Waals surface area contributed by atoms with Crippen LogP contribution in [0.2, 0.25) is 0 Å². The van der Waals surface area contributed by atoms with Crippen molar-refractivity contribution in [1.29, 1.82) is 0 Å². The molecule has 154 valence electrons. The van der Waals surface area contributed by atoms with Crippen LogP contribution in [0, 0.1) is 19.3 Å². The maximum atomic E-state index is 13.1. The summed E-state index contributed by atoms with van der Waals surface area (Å²) < 4.78 is 2.03. The number of carbonyl (C=O) groups is 1. The SMILES string of the molecule is Cc1nn(-c2ccccc2)c(C)c1CN1CCC2(Cc3ccccc3CNC2=O)C1. The van der Waals surface area contributed by atoms with Gasteiger partial charge in [-0.15, -0.1) is 0 Å². The van der Waals surface area contributed by atoms with Gasteiger partial charge in [-0.05, 0) is 56.5 Å². The molecule has 0 saturated carbocycles. The third-order valence-electron chi connectivity index (χ3n) is 6.82. The normalized spacial score (nSPS) is 21.5. The van der Waals surface area contributed by atoms with Gasteiger partial charge < -0.3 is 5.32 Å². The fraction of sp³-hybridized carbons (Fsp3) is 0.360. The molecule has 2 aliphatic rings. The largest absolute Gasteiger partial charge is 0.351 e. The van der Waals surface area contributed by atoms with Crippen LogP contribution >= 0.6 is 0 Å². The maximum Gasteiger partial charge on any atom is 0.228 e. The number of fused-ring (bicyclic) bond motifs is 1. The monoisotopic (exact) mass is 400 g/mol. The van der Waals surface area contributed by atoms with E-state index in [4.69, 9.17) is 5.10 Å². The Labute approximate surface area is 177 Å². The number of likely N-dealkylation sites (tertiary alicyclic amines) is 1. The fourth-order valence-corrected chi connectivity index (χ4v) is 5.08. The molecule has 3 aromatic rings. The van der Waals surface area contributed by atoms with Gasteiger partial charge in [0.25, 0.3) is 0 Å². The minimum absolute atomic E-state index is 0.203. The quantitative estimate of drug-likeness (QED) is 0.731. The predicted octanol–water partition coefficient (Wildman–Crippen LogP) is 3.55. The van der Waals surface area contributed by atoms with Gasteiger partial charge in [-0.2, -0.15) is 5.10 Å². The van der Waals surface area contributed by atoms with E-state index in [2.05, 4.69) is 60.5 Å². The van der Waals surface area contributed by atoms with Crippen LogP contribution in [0.4, 0.5) is 0 Å². The Bertz CT molecular complexity index is 1090. The molecule has 1 spiro atoms. The number of hydrogen-bond acceptors (Lipinski definition) is 3. The van der Waals surface area contributed by atoms with Crippen LogP contribution in [0.5, 0.6) is 0 Å². The minimum atomic E-state index is -0.330. The average molecular weight is 401 g/mol. The third-order valence-corrected chi connectivity index (χ3v) is 6.82. The Balaban J connectivity index is 1.38. The smallest absolute Gasteiger partial charge is 0.228 e. The first-order valence-corrected chi connectivity index (χ1v) is 10.7. The van der Waals surface area contributed by atoms with Crippen molar-refractivity contribution in [2.45, 2.75) is 39.8 Å². The lowest BCUT2D eigenvalue weighted by molar-refractivity contribution is -0.130. The topological polar surface area (TPSA) is 50.2 Å². The van der Waals surface area contributed by atoms with Crippen LogP contribution in [0.1, 0.15) is 34.5 Å². The average Bonchev–Trinajstić information content (AvgIpc) is 3.25. The van der Waals surface area contributed by atoms with Gasteiger partial charge >= 0.3 is 0 Å². The van der Waals surface area contributed by atoms with Crippen LogP contribution in [0.15, 0.2) is 54.6 Å². The Morgan fingerprint density at radius 2 is 1.77 bits per heavy atom. The number of nitrogens with zero attached hydrogens (tertiary/aromatic N) is 3. The molecule has 1 N–H and O–H groups in total. The number of benzene rings is 2. The molecule has 1 saturated heterocycles. The Kier molecular flexibility index (Phi) is 4.70. The van der Waals surface area contributed by atoms with Crippen LogP contribution in [0.3, 0.4) is 0 Å². The van der Waals surface area contributed by atoms with Crippen molar-refractivity contribution in [3.8, 4) is 5.69 Å². The molecule has 5 nitrogen and oxygen atoms in total. The van der Waals surface area contributed by atoms with Gasteiger partial charge in [-0.25, -0.2) is 4.68 Å². The molecule has 2 aromatic carbocycles. The Morgan fingerprint density at radius 3 is 2.57 bits per heavy atom. The highest BCUT2D eigenvalue weighted by Crippen LogP contribution is 2.38. The Morgan fingerprint density at radius 1 is 1.03 bits per heavy atom. The highest BCUT2D eigenvalue weighted by atomic mass is 16.2. The second kappa shape index (κ2) is 7.40. The zero-order chi connectivity index (χ0) is 20.7. The number of aryl methyl sites for hydroxylation is 1. The van der Waals surface area contributed by atoms with E-state index in [0.29, 0.717) is 6.54 Å². The van der Waals surface area contributed by atoms with Crippen LogP contribution in [-0.2, 0) is 24.3 Å². The van der Waals surface area contributed by atoms with Crippen LogP contribution in [-0.4, -0.2) is 33.7 Å². The van der Waals surface area contributed by atoms with E-state index in [1.165, 1.54) is 22.4 Å². The van der Waals surface area contributed by atoms with Crippen molar-refractivity contribution in [3.05, 3.63) is 82.7 Å². The van der Waals surface area contributed by atoms with E-state index in [0.717, 1.165) is 43.9 Å². The third kappa shape index (κ3) is 3.23. The zero-order valence-corrected chi connectivity index (χ0v) is 17.7. The van der Waals surface area contributed by atoms with Crippen molar-refractivity contribution < 1.29 is 4.79 Å². The molecule has 0 bridgehead atoms. The van der Waals surface area contributed by atoms with Gasteiger partial charge in [0.1, 0.15) is 0 Å². The van der Waals surface area contributed by atoms with Gasteiger partial charge in [0.15, 0.2) is 0 Å². The van der Waals surface area contributed by atoms with Crippen molar-refractivity contribution in [2.24, 2.45) is 5.41 Å². The van der Waals surface area contributed by atoms with Gasteiger partial charge in [0.2, 0.25) is 5.91 Å². The van der Waals surface area contributed by atoms with Gasteiger partial charge in [-0.3, -0.25) is 9.69 Å². The molecule has 30 heavy (non-hydrogen) atoms. The predicted molar refractivity (Wildman–Crippen MR) is 117 cm³/mol. The summed E-state index contributed by atoms with van der Waals surface area (Å²) in [6.45, 7) is 7.43. The van der Waals surface area contributed by atoms with Crippen LogP contribution in [0.25, 0.3) is 5.69 Å². The molecule has 1 aromatic heterocycles. The summed E-state index contributed by atoms with van der Waals surface area (Å²) in [5, 5.41) is 7.98. The molecular formula is C25H28N4O. The van der Waals surface area contributed by atoms with Gasteiger partial charge in [-0.1, -0.05) is 42.5 Å². The van der Waals surface area contributed by atoms with Gasteiger partial charge in [0, 0.05) is 30.9 Å². The van der Waals surface area contributed by atoms with E-state index in [-0.39, 0.29) is 11.3 Å². The number of carbonyl (C=O) groups excluding carboxylic acids is 1. The number of aromatic nitrogens is 2. The first-order valence-electron chi connectivity index (χ1n) is 10.7. The van der Waals surface area contributed by atoms with E-state index in [1.807, 2.05) is 22.9 Å². The molecule has 1 atom stereocenters. The zero-order valence-electron chi connectivity index (χ0n) is 17.7. The lowest BCUT2D eigenvalue weighted by atomic mass is 9.80. The molecule has 1 fully saturated rings. The second-order valence-electron chi connectivity index (χ2n) is 8.77. The number of para-hydroxylation sites is 1. The molecule has 0 radical (unpaired) electrons. The summed E-state index contributed by atoms with van der Waals surface area (Å²) in [4.78, 5) is 15.5. The lowest BCUT2D eigenvalue weighted by Gasteiger charge is -2.26. The Hall–Kier alpha value is -2.92. The highest BCUT2D eigenvalue weighted by molar-refractivity contribution is 5.84. The number of rotatable bonds is 3. The van der Waals surface area contributed by atoms with E-state index < -0.39 is 0 Å². The molecule has 3 heterocycles. The molecule has 1 unspecified atom stereocenters. The first kappa shape index (κ1) is 19.1. The number of hydrogen-bond donors (Lipinski definition) is 1. The lowest BCUT2D eigenvalue weighted by Crippen LogP contribution is -2.42. The molecular weight excluding hydrogens is 372 g/mol. The number of amides is 1. The second-order valence-corrected chi connectivity index (χ2v) is 8.77. The van der Waals surface area contributed by atoms with E-state index >= 15 is 0 Å². The summed E-state index contributed by atoms with van der Waals surface area (Å²) in [6.07, 6.45) is 1.73. The molecule has 5 heteroatoms. The van der Waals surface area contributed by atoms with Crippen LogP contribution < -0.4 is 5.32 Å². The van der Waals surface area contributed by atoms with Gasteiger partial charge in [0.05, 0.1) is 16.8 Å². The van der Waals surface area contributed by atoms with Crippen molar-refractivity contribution in [3.63, 3.8) is 0 Å². The standard InChI is InChI=1S/C25H28N4O/c1-18-23(19(2)29(27-18)22-10-4-3-5-11-22)16-28-13-12-25(17-28)14-20-8-6-7-9-21(20)15-26-24(25)30/h3-11H,12-17H2,1-2H3,(H,26,30). The number of nitrogens with one attached hydrogen (secondary N) is 1. The minimum Gasteiger partial charge on any atom is -0.351 e. The summed E-state index contributed by atoms with van der Waals surface area (Å²) in [5.74, 6) is 0.203. The van der Waals surface area contributed by atoms with Crippen molar-refractivity contribution in [1.82, 2.24) is 20.0 Å². The maximum absolute atomic E-state index is 13.1. The molecule has 2 aliphatic heterocycles. The van der Waals surface area contributed by atoms with E-state index in [9.17, 15) is 4.79 Å². The first-order chi connectivity index (χ1) is 14.6. The molecule has 0 aliphatic carbocycles. The highest BCUT2D eigenvalue weighted by Gasteiger charge is 2.46. The summed E-state index contributed by atoms with van der Waals surface area (Å²) in [6, 6.07) is 18.7. The molecule has 1 amide bonds. The summed E-state index contributed by atoms with van der Waals surface area (Å²) >= 11 is 0. The fourth-order valence-electron chi connectivity index (χ4n) is 5.08. The molecule has 5 rings (SSSR count). The van der Waals surface area contributed by atoms with Crippen molar-refractivity contribution >= 4 is 5.91 Å². The summed E-state index contributed by atoms with van der Waals surface area (Å²) in [7, 11) is 0. The van der Waals surface area contributed by atoms with Crippen molar-refractivity contribution in [2.75, 3.05) is 13.1 Å². The van der Waals surface area contributed by atoms with E-state index in [1.54, 1.807) is 0 Å².